The molecule has 0 spiro atoms. The standard InChI is InChI=1S/C21H20N4O/c1-25(2)19-13-12-18-21(23-19)24-20(22-18)16-8-10-17(11-9-16)26-14-15-6-4-3-5-7-15/h3-13H,14H2,1-2H3,(H,22,23,24). The van der Waals surface area contributed by atoms with Crippen LogP contribution < -0.4 is 9.64 Å². The molecule has 2 aromatic carbocycles. The first-order chi connectivity index (χ1) is 12.7. The van der Waals surface area contributed by atoms with Gasteiger partial charge in [-0.1, -0.05) is 30.3 Å². The average molecular weight is 344 g/mol. The number of anilines is 1. The maximum atomic E-state index is 5.84. The highest BCUT2D eigenvalue weighted by Crippen LogP contribution is 2.23. The number of hydrogen-bond donors (Lipinski definition) is 1. The molecule has 2 aromatic heterocycles. The van der Waals surface area contributed by atoms with Crippen LogP contribution in [0, 0.1) is 0 Å². The first-order valence-corrected chi connectivity index (χ1v) is 8.50. The van der Waals surface area contributed by atoms with Gasteiger partial charge in [-0.15, -0.1) is 0 Å². The molecule has 4 aromatic rings. The Morgan fingerprint density at radius 2 is 1.65 bits per heavy atom. The molecule has 0 bridgehead atoms. The highest BCUT2D eigenvalue weighted by atomic mass is 16.5. The number of ether oxygens (including phenoxy) is 1. The van der Waals surface area contributed by atoms with Crippen molar-refractivity contribution in [1.82, 2.24) is 15.0 Å². The molecule has 2 heterocycles. The average Bonchev–Trinajstić information content (AvgIpc) is 3.11. The van der Waals surface area contributed by atoms with Gasteiger partial charge >= 0.3 is 0 Å². The monoisotopic (exact) mass is 344 g/mol. The lowest BCUT2D eigenvalue weighted by molar-refractivity contribution is 0.306. The van der Waals surface area contributed by atoms with Crippen molar-refractivity contribution in [3.63, 3.8) is 0 Å². The van der Waals surface area contributed by atoms with E-state index in [-0.39, 0.29) is 0 Å². The number of nitrogens with one attached hydrogen (secondary N) is 1. The topological polar surface area (TPSA) is 54.0 Å². The number of aromatic nitrogens is 3. The number of rotatable bonds is 5. The van der Waals surface area contributed by atoms with Crippen molar-refractivity contribution < 1.29 is 4.74 Å². The van der Waals surface area contributed by atoms with Gasteiger partial charge in [-0.05, 0) is 42.0 Å². The van der Waals surface area contributed by atoms with E-state index >= 15 is 0 Å². The molecule has 26 heavy (non-hydrogen) atoms. The summed E-state index contributed by atoms with van der Waals surface area (Å²) in [7, 11) is 3.94. The van der Waals surface area contributed by atoms with Gasteiger partial charge < -0.3 is 14.6 Å². The summed E-state index contributed by atoms with van der Waals surface area (Å²) in [5.41, 5.74) is 3.80. The smallest absolute Gasteiger partial charge is 0.160 e. The van der Waals surface area contributed by atoms with Gasteiger partial charge in [-0.2, -0.15) is 0 Å². The lowest BCUT2D eigenvalue weighted by Gasteiger charge is -2.09. The molecule has 0 atom stereocenters. The zero-order valence-electron chi connectivity index (χ0n) is 14.8. The molecule has 1 N–H and O–H groups in total. The molecule has 130 valence electrons. The summed E-state index contributed by atoms with van der Waals surface area (Å²) < 4.78 is 5.84. The Hall–Kier alpha value is -3.34. The van der Waals surface area contributed by atoms with Crippen molar-refractivity contribution in [3.05, 3.63) is 72.3 Å². The minimum Gasteiger partial charge on any atom is -0.489 e. The number of benzene rings is 2. The van der Waals surface area contributed by atoms with Gasteiger partial charge in [-0.25, -0.2) is 9.97 Å². The SMILES string of the molecule is CN(C)c1ccc2nc(-c3ccc(OCc4ccccc4)cc3)[nH]c2n1. The molecule has 0 aliphatic rings. The first kappa shape index (κ1) is 16.1. The quantitative estimate of drug-likeness (QED) is 0.587. The maximum absolute atomic E-state index is 5.84. The number of hydrogen-bond acceptors (Lipinski definition) is 4. The van der Waals surface area contributed by atoms with Gasteiger partial charge in [0.1, 0.15) is 29.5 Å². The Balaban J connectivity index is 1.52. The summed E-state index contributed by atoms with van der Waals surface area (Å²) in [5, 5.41) is 0. The highest BCUT2D eigenvalue weighted by molar-refractivity contribution is 5.77. The highest BCUT2D eigenvalue weighted by Gasteiger charge is 2.08. The van der Waals surface area contributed by atoms with Crippen LogP contribution in [0.25, 0.3) is 22.6 Å². The van der Waals surface area contributed by atoms with Crippen LogP contribution in [0.15, 0.2) is 66.7 Å². The Morgan fingerprint density at radius 1 is 0.885 bits per heavy atom. The molecule has 5 heteroatoms. The van der Waals surface area contributed by atoms with E-state index in [1.807, 2.05) is 73.6 Å². The number of imidazole rings is 1. The zero-order chi connectivity index (χ0) is 17.9. The minimum absolute atomic E-state index is 0.558. The van der Waals surface area contributed by atoms with Crippen LogP contribution >= 0.6 is 0 Å². The molecule has 0 aliphatic carbocycles. The second kappa shape index (κ2) is 6.88. The fourth-order valence-corrected chi connectivity index (χ4v) is 2.72. The number of H-pyrrole nitrogens is 1. The van der Waals surface area contributed by atoms with Gasteiger partial charge in [0.2, 0.25) is 0 Å². The summed E-state index contributed by atoms with van der Waals surface area (Å²) in [6, 6.07) is 22.0. The number of pyridine rings is 1. The van der Waals surface area contributed by atoms with Crippen LogP contribution in [0.1, 0.15) is 5.56 Å². The Kier molecular flexibility index (Phi) is 4.27. The fourth-order valence-electron chi connectivity index (χ4n) is 2.72. The van der Waals surface area contributed by atoms with Crippen molar-refractivity contribution >= 4 is 17.0 Å². The Morgan fingerprint density at radius 3 is 2.38 bits per heavy atom. The van der Waals surface area contributed by atoms with Crippen molar-refractivity contribution in [2.45, 2.75) is 6.61 Å². The minimum atomic E-state index is 0.558. The lowest BCUT2D eigenvalue weighted by atomic mass is 10.2. The fraction of sp³-hybridized carbons (Fsp3) is 0.143. The summed E-state index contributed by atoms with van der Waals surface area (Å²) in [6.45, 7) is 0.558. The molecule has 5 nitrogen and oxygen atoms in total. The van der Waals surface area contributed by atoms with Crippen molar-refractivity contribution in [3.8, 4) is 17.1 Å². The van der Waals surface area contributed by atoms with E-state index in [2.05, 4.69) is 27.1 Å². The van der Waals surface area contributed by atoms with E-state index in [1.165, 1.54) is 0 Å². The largest absolute Gasteiger partial charge is 0.489 e. The van der Waals surface area contributed by atoms with E-state index < -0.39 is 0 Å². The molecule has 0 radical (unpaired) electrons. The van der Waals surface area contributed by atoms with E-state index in [4.69, 9.17) is 4.74 Å². The molecule has 0 saturated heterocycles. The third kappa shape index (κ3) is 3.37. The Labute approximate surface area is 152 Å². The lowest BCUT2D eigenvalue weighted by Crippen LogP contribution is -2.10. The summed E-state index contributed by atoms with van der Waals surface area (Å²) in [5.74, 6) is 2.54. The van der Waals surface area contributed by atoms with Crippen molar-refractivity contribution in [2.24, 2.45) is 0 Å². The molecule has 0 fully saturated rings. The van der Waals surface area contributed by atoms with Crippen LogP contribution in [-0.2, 0) is 6.61 Å². The van der Waals surface area contributed by atoms with Crippen molar-refractivity contribution in [1.29, 1.82) is 0 Å². The third-order valence-electron chi connectivity index (χ3n) is 4.16. The summed E-state index contributed by atoms with van der Waals surface area (Å²) in [6.07, 6.45) is 0. The Bertz CT molecular complexity index is 1010. The predicted octanol–water partition coefficient (Wildman–Crippen LogP) is 4.27. The molecular weight excluding hydrogens is 324 g/mol. The van der Waals surface area contributed by atoms with E-state index in [0.29, 0.717) is 6.61 Å². The predicted molar refractivity (Wildman–Crippen MR) is 104 cm³/mol. The second-order valence-electron chi connectivity index (χ2n) is 6.32. The van der Waals surface area contributed by atoms with Crippen LogP contribution in [0.4, 0.5) is 5.82 Å². The molecule has 0 saturated carbocycles. The van der Waals surface area contributed by atoms with E-state index in [0.717, 1.165) is 39.7 Å². The molecule has 0 amide bonds. The van der Waals surface area contributed by atoms with Gasteiger partial charge in [0.25, 0.3) is 0 Å². The normalized spacial score (nSPS) is 10.8. The number of nitrogens with zero attached hydrogens (tertiary/aromatic N) is 3. The van der Waals surface area contributed by atoms with Gasteiger partial charge in [0, 0.05) is 19.7 Å². The first-order valence-electron chi connectivity index (χ1n) is 8.50. The van der Waals surface area contributed by atoms with Crippen LogP contribution in [0.2, 0.25) is 0 Å². The molecular formula is C21H20N4O. The maximum Gasteiger partial charge on any atom is 0.160 e. The van der Waals surface area contributed by atoms with E-state index in [9.17, 15) is 0 Å². The molecule has 0 unspecified atom stereocenters. The van der Waals surface area contributed by atoms with Gasteiger partial charge in [0.05, 0.1) is 0 Å². The van der Waals surface area contributed by atoms with Gasteiger partial charge in [0.15, 0.2) is 5.65 Å². The molecule has 0 aliphatic heterocycles. The van der Waals surface area contributed by atoms with Crippen LogP contribution in [0.3, 0.4) is 0 Å². The second-order valence-corrected chi connectivity index (χ2v) is 6.32. The zero-order valence-corrected chi connectivity index (χ0v) is 14.8. The van der Waals surface area contributed by atoms with Crippen LogP contribution in [-0.4, -0.2) is 29.0 Å². The third-order valence-corrected chi connectivity index (χ3v) is 4.16. The van der Waals surface area contributed by atoms with Crippen LogP contribution in [0.5, 0.6) is 5.75 Å². The summed E-state index contributed by atoms with van der Waals surface area (Å²) in [4.78, 5) is 14.5. The number of aromatic amines is 1. The van der Waals surface area contributed by atoms with E-state index in [1.54, 1.807) is 0 Å². The van der Waals surface area contributed by atoms with Crippen molar-refractivity contribution in [2.75, 3.05) is 19.0 Å². The number of fused-ring (bicyclic) bond motifs is 1. The molecule has 4 rings (SSSR count). The van der Waals surface area contributed by atoms with Gasteiger partial charge in [-0.3, -0.25) is 0 Å². The summed E-state index contributed by atoms with van der Waals surface area (Å²) >= 11 is 0.